The first-order valence-corrected chi connectivity index (χ1v) is 9.71. The molecule has 0 radical (unpaired) electrons. The number of rotatable bonds is 3. The zero-order chi connectivity index (χ0) is 11.0. The van der Waals surface area contributed by atoms with Gasteiger partial charge >= 0.3 is 21.1 Å². The maximum absolute atomic E-state index is 5.73. The van der Waals surface area contributed by atoms with E-state index >= 15 is 0 Å². The van der Waals surface area contributed by atoms with E-state index in [0.29, 0.717) is 0 Å². The Morgan fingerprint density at radius 1 is 1.06 bits per heavy atom. The van der Waals surface area contributed by atoms with Crippen molar-refractivity contribution in [2.45, 2.75) is 33.5 Å². The van der Waals surface area contributed by atoms with Crippen LogP contribution in [0.5, 0.6) is 0 Å². The van der Waals surface area contributed by atoms with Crippen LogP contribution in [-0.4, -0.2) is 18.1 Å². The number of hydrogen-bond donors (Lipinski definition) is 0. The summed E-state index contributed by atoms with van der Waals surface area (Å²) in [5.74, 6) is 0. The molecule has 0 fully saturated rings. The van der Waals surface area contributed by atoms with Crippen LogP contribution in [0, 0.1) is 20.4 Å². The summed E-state index contributed by atoms with van der Waals surface area (Å²) in [6.45, 7) is 11.0. The van der Waals surface area contributed by atoms with Gasteiger partial charge in [-0.15, -0.1) is 0 Å². The molecule has 1 aromatic carbocycles. The van der Waals surface area contributed by atoms with Crippen molar-refractivity contribution >= 4 is 18.1 Å². The summed E-state index contributed by atoms with van der Waals surface area (Å²) in [5.41, 5.74) is 1.50. The fraction of sp³-hybridized carbons (Fsp3) is 0.385. The molecule has 0 aliphatic carbocycles. The van der Waals surface area contributed by atoms with Crippen LogP contribution in [0.15, 0.2) is 30.3 Å². The Morgan fingerprint density at radius 3 is 1.59 bits per heavy atom. The Labute approximate surface area is 127 Å². The average molecular weight is 452 g/mol. The third-order valence-electron chi connectivity index (χ3n) is 1.35. The second-order valence-electron chi connectivity index (χ2n) is 4.57. The van der Waals surface area contributed by atoms with Crippen LogP contribution in [-0.2, 0) is 25.2 Å². The Bertz CT molecular complexity index is 188. The molecule has 0 N–H and O–H groups in total. The van der Waals surface area contributed by atoms with Crippen molar-refractivity contribution in [1.29, 1.82) is 0 Å². The molecule has 17 heavy (non-hydrogen) atoms. The first-order chi connectivity index (χ1) is 6.42. The van der Waals surface area contributed by atoms with Crippen LogP contribution < -0.4 is 0 Å². The van der Waals surface area contributed by atoms with Gasteiger partial charge in [0.2, 0.25) is 0 Å². The van der Waals surface area contributed by atoms with Gasteiger partial charge in [0, 0.05) is 0 Å². The Balaban J connectivity index is -0.0000000921. The minimum atomic E-state index is -1.18. The normalized spacial score (nSPS) is 9.76. The zero-order valence-corrected chi connectivity index (χ0v) is 17.0. The third kappa shape index (κ3) is 26.2. The molecule has 0 bridgehead atoms. The molecule has 0 aromatic heterocycles. The Hall–Kier alpha value is 0.432. The summed E-state index contributed by atoms with van der Waals surface area (Å²) in [6.07, 6.45) is 0. The maximum Gasteiger partial charge on any atom is 4.00 e. The Kier molecular flexibility index (Phi) is 22.2. The van der Waals surface area contributed by atoms with Gasteiger partial charge in [0.05, 0.1) is 0 Å². The average Bonchev–Trinajstić information content (AvgIpc) is 2.56. The van der Waals surface area contributed by atoms with Crippen molar-refractivity contribution < 1.29 is 25.2 Å². The summed E-state index contributed by atoms with van der Waals surface area (Å²) in [4.78, 5) is 0. The van der Waals surface area contributed by atoms with Crippen LogP contribution in [0.2, 0.25) is 19.6 Å². The van der Waals surface area contributed by atoms with Crippen LogP contribution in [0.4, 0.5) is 0 Å². The number of hydrogen-bond acceptors (Lipinski definition) is 1. The van der Waals surface area contributed by atoms with Gasteiger partial charge < -0.3 is 24.5 Å². The largest absolute Gasteiger partial charge is 4.00 e. The van der Waals surface area contributed by atoms with Crippen molar-refractivity contribution in [2.24, 2.45) is 0 Å². The minimum Gasteiger partial charge on any atom is -0.490 e. The molecule has 0 saturated carbocycles. The Morgan fingerprint density at radius 2 is 1.47 bits per heavy atom. The molecule has 4 heteroatoms. The smallest absolute Gasteiger partial charge is 0.490 e. The van der Waals surface area contributed by atoms with Crippen molar-refractivity contribution in [2.75, 3.05) is 0 Å². The third-order valence-corrected chi connectivity index (χ3v) is 5.97. The molecule has 0 aliphatic rings. The predicted octanol–water partition coefficient (Wildman–Crippen LogP) is 3.80. The van der Waals surface area contributed by atoms with E-state index in [1.807, 2.05) is 30.3 Å². The first kappa shape index (κ1) is 26.1. The van der Waals surface area contributed by atoms with Crippen LogP contribution in [0.3, 0.4) is 0 Å². The van der Waals surface area contributed by atoms with Crippen molar-refractivity contribution in [1.82, 2.24) is 0 Å². The van der Waals surface area contributed by atoms with Gasteiger partial charge in [-0.1, -0.05) is 0 Å². The maximum atomic E-state index is 5.73. The van der Waals surface area contributed by atoms with Crippen molar-refractivity contribution in [3.63, 3.8) is 0 Å². The summed E-state index contributed by atoms with van der Waals surface area (Å²) in [6, 6.07) is 10.0. The first-order valence-electron chi connectivity index (χ1n) is 5.01. The van der Waals surface area contributed by atoms with E-state index in [9.17, 15) is 0 Å². The van der Waals surface area contributed by atoms with Crippen molar-refractivity contribution in [3.8, 4) is 0 Å². The van der Waals surface area contributed by atoms with E-state index in [-0.39, 0.29) is 45.7 Å². The van der Waals surface area contributed by atoms with Gasteiger partial charge in [0.15, 0.2) is 8.32 Å². The standard InChI is InChI=1S/C6H17OSi2.C5H5.2CH3.Pt/c1-6(2)8-7-9(3,4)5;1-2-4-5-3-1;;;/h8H2,1-5H3;1-5H;2*1H3;/q4*-1;+4. The van der Waals surface area contributed by atoms with Crippen molar-refractivity contribution in [3.05, 3.63) is 50.7 Å². The molecule has 1 aromatic rings. The van der Waals surface area contributed by atoms with E-state index in [4.69, 9.17) is 4.12 Å². The fourth-order valence-electron chi connectivity index (χ4n) is 0.682. The molecular formula is C13H28OPtSi2. The fourth-order valence-corrected chi connectivity index (χ4v) is 3.57. The topological polar surface area (TPSA) is 9.23 Å². The monoisotopic (exact) mass is 451 g/mol. The van der Waals surface area contributed by atoms with E-state index in [1.54, 1.807) is 0 Å². The van der Waals surface area contributed by atoms with Gasteiger partial charge in [0.1, 0.15) is 0 Å². The van der Waals surface area contributed by atoms with E-state index in [1.165, 1.54) is 5.54 Å². The molecule has 1 rings (SSSR count). The molecule has 0 heterocycles. The summed E-state index contributed by atoms with van der Waals surface area (Å²) >= 11 is 0. The van der Waals surface area contributed by atoms with Gasteiger partial charge in [-0.25, -0.2) is 12.1 Å². The van der Waals surface area contributed by atoms with Gasteiger partial charge in [0.25, 0.3) is 0 Å². The second-order valence-corrected chi connectivity index (χ2v) is 11.7. The molecule has 1 nitrogen and oxygen atoms in total. The van der Waals surface area contributed by atoms with Gasteiger partial charge in [-0.3, -0.25) is 0 Å². The zero-order valence-electron chi connectivity index (χ0n) is 12.3. The molecule has 0 saturated heterocycles. The molecule has 0 spiro atoms. The van der Waals surface area contributed by atoms with Crippen LogP contribution >= 0.6 is 0 Å². The quantitative estimate of drug-likeness (QED) is 0.502. The van der Waals surface area contributed by atoms with E-state index in [0.717, 1.165) is 0 Å². The van der Waals surface area contributed by atoms with Gasteiger partial charge in [-0.2, -0.15) is 32.0 Å². The molecule has 0 aliphatic heterocycles. The summed E-state index contributed by atoms with van der Waals surface area (Å²) < 4.78 is 5.73. The predicted molar refractivity (Wildman–Crippen MR) is 82.4 cm³/mol. The van der Waals surface area contributed by atoms with Gasteiger partial charge in [-0.05, 0) is 29.4 Å². The van der Waals surface area contributed by atoms with Crippen LogP contribution in [0.1, 0.15) is 13.8 Å². The SMILES string of the molecule is C[C-](C)[SiH2]O[Si](C)(C)C.[CH3-].[CH3-].[Pt+4].c1cc[cH-]c1. The molecule has 0 amide bonds. The minimum absolute atomic E-state index is 0. The van der Waals surface area contributed by atoms with E-state index in [2.05, 4.69) is 33.5 Å². The molecule has 0 atom stereocenters. The molecule has 104 valence electrons. The molecule has 0 unspecified atom stereocenters. The van der Waals surface area contributed by atoms with Crippen LogP contribution in [0.25, 0.3) is 0 Å². The summed E-state index contributed by atoms with van der Waals surface area (Å²) in [5, 5.41) is 0. The summed E-state index contributed by atoms with van der Waals surface area (Å²) in [7, 11) is -1.46. The second kappa shape index (κ2) is 14.5. The van der Waals surface area contributed by atoms with E-state index < -0.39 is 8.32 Å². The molecular weight excluding hydrogens is 423 g/mol.